The fraction of sp³-hybridized carbons (Fsp3) is 0.938. The van der Waals surface area contributed by atoms with Crippen molar-refractivity contribution in [3.63, 3.8) is 0 Å². The second-order valence-corrected chi connectivity index (χ2v) is 6.95. The lowest BCUT2D eigenvalue weighted by Crippen LogP contribution is -2.46. The number of hydrogen-bond donors (Lipinski definition) is 1. The van der Waals surface area contributed by atoms with Crippen LogP contribution in [0.4, 0.5) is 0 Å². The SMILES string of the molecule is CC1CCCCCN1C1CCC(C#N)(NC2CC2)C1. The van der Waals surface area contributed by atoms with Crippen LogP contribution in [0.1, 0.15) is 64.7 Å². The zero-order chi connectivity index (χ0) is 13.3. The predicted molar refractivity (Wildman–Crippen MR) is 76.8 cm³/mol. The van der Waals surface area contributed by atoms with E-state index < -0.39 is 0 Å². The molecule has 0 aromatic rings. The third kappa shape index (κ3) is 2.95. The smallest absolute Gasteiger partial charge is 0.108 e. The molecule has 3 atom stereocenters. The molecule has 3 aliphatic rings. The molecule has 0 aromatic heterocycles. The first kappa shape index (κ1) is 13.4. The molecule has 1 N–H and O–H groups in total. The molecule has 1 aliphatic heterocycles. The van der Waals surface area contributed by atoms with Gasteiger partial charge in [0, 0.05) is 18.1 Å². The zero-order valence-corrected chi connectivity index (χ0v) is 12.2. The van der Waals surface area contributed by atoms with Crippen LogP contribution in [0.25, 0.3) is 0 Å². The normalized spacial score (nSPS) is 40.8. The summed E-state index contributed by atoms with van der Waals surface area (Å²) < 4.78 is 0. The van der Waals surface area contributed by atoms with Crippen molar-refractivity contribution >= 4 is 0 Å². The first-order valence-corrected chi connectivity index (χ1v) is 8.17. The highest BCUT2D eigenvalue weighted by molar-refractivity contribution is 5.15. The molecule has 0 bridgehead atoms. The molecule has 0 spiro atoms. The number of nitrogens with one attached hydrogen (secondary N) is 1. The van der Waals surface area contributed by atoms with E-state index in [1.54, 1.807) is 0 Å². The Balaban J connectivity index is 1.64. The van der Waals surface area contributed by atoms with Gasteiger partial charge >= 0.3 is 0 Å². The van der Waals surface area contributed by atoms with Crippen molar-refractivity contribution in [3.05, 3.63) is 0 Å². The minimum absolute atomic E-state index is 0.210. The van der Waals surface area contributed by atoms with E-state index in [1.807, 2.05) is 0 Å². The van der Waals surface area contributed by atoms with E-state index in [2.05, 4.69) is 23.2 Å². The molecule has 0 aromatic carbocycles. The number of nitriles is 1. The number of rotatable bonds is 3. The van der Waals surface area contributed by atoms with E-state index in [9.17, 15) is 5.26 Å². The molecular formula is C16H27N3. The van der Waals surface area contributed by atoms with Crippen LogP contribution in [-0.4, -0.2) is 35.1 Å². The van der Waals surface area contributed by atoms with Gasteiger partial charge in [0.2, 0.25) is 0 Å². The average molecular weight is 261 g/mol. The summed E-state index contributed by atoms with van der Waals surface area (Å²) in [6.45, 7) is 3.63. The Morgan fingerprint density at radius 1 is 1.16 bits per heavy atom. The number of likely N-dealkylation sites (tertiary alicyclic amines) is 1. The van der Waals surface area contributed by atoms with Crippen LogP contribution in [0.3, 0.4) is 0 Å². The summed E-state index contributed by atoms with van der Waals surface area (Å²) in [7, 11) is 0. The van der Waals surface area contributed by atoms with Crippen LogP contribution in [0, 0.1) is 11.3 Å². The molecule has 0 radical (unpaired) electrons. The standard InChI is InChI=1S/C16H27N3/c1-13-5-3-2-4-10-19(13)15-8-9-16(11-15,12-17)18-14-6-7-14/h13-15,18H,2-11H2,1H3. The Labute approximate surface area is 117 Å². The molecule has 1 saturated heterocycles. The summed E-state index contributed by atoms with van der Waals surface area (Å²) in [5.74, 6) is 0. The highest BCUT2D eigenvalue weighted by Crippen LogP contribution is 2.37. The molecule has 3 unspecified atom stereocenters. The van der Waals surface area contributed by atoms with Crippen molar-refractivity contribution in [2.45, 2.75) is 88.4 Å². The van der Waals surface area contributed by atoms with Crippen LogP contribution >= 0.6 is 0 Å². The van der Waals surface area contributed by atoms with Crippen LogP contribution < -0.4 is 5.32 Å². The van der Waals surface area contributed by atoms with E-state index in [0.717, 1.165) is 12.8 Å². The third-order valence-corrected chi connectivity index (χ3v) is 5.33. The topological polar surface area (TPSA) is 39.1 Å². The lowest BCUT2D eigenvalue weighted by Gasteiger charge is -2.34. The molecule has 3 rings (SSSR count). The van der Waals surface area contributed by atoms with Gasteiger partial charge in [0.05, 0.1) is 6.07 Å². The van der Waals surface area contributed by atoms with Gasteiger partial charge in [0.1, 0.15) is 5.54 Å². The molecule has 19 heavy (non-hydrogen) atoms. The fourth-order valence-corrected chi connectivity index (χ4v) is 4.03. The minimum Gasteiger partial charge on any atom is -0.298 e. The van der Waals surface area contributed by atoms with E-state index in [4.69, 9.17) is 0 Å². The molecule has 0 amide bonds. The van der Waals surface area contributed by atoms with Gasteiger partial charge in [-0.15, -0.1) is 0 Å². The fourth-order valence-electron chi connectivity index (χ4n) is 4.03. The third-order valence-electron chi connectivity index (χ3n) is 5.33. The maximum Gasteiger partial charge on any atom is 0.108 e. The quantitative estimate of drug-likeness (QED) is 0.849. The molecular weight excluding hydrogens is 234 g/mol. The Morgan fingerprint density at radius 3 is 2.74 bits per heavy atom. The molecule has 3 fully saturated rings. The van der Waals surface area contributed by atoms with Gasteiger partial charge in [-0.05, 0) is 58.4 Å². The molecule has 106 valence electrons. The monoisotopic (exact) mass is 261 g/mol. The zero-order valence-electron chi connectivity index (χ0n) is 12.2. The van der Waals surface area contributed by atoms with Gasteiger partial charge in [-0.3, -0.25) is 10.2 Å². The van der Waals surface area contributed by atoms with Gasteiger partial charge < -0.3 is 0 Å². The van der Waals surface area contributed by atoms with Crippen LogP contribution in [-0.2, 0) is 0 Å². The Kier molecular flexibility index (Phi) is 3.82. The van der Waals surface area contributed by atoms with E-state index in [0.29, 0.717) is 18.1 Å². The summed E-state index contributed by atoms with van der Waals surface area (Å²) >= 11 is 0. The first-order chi connectivity index (χ1) is 9.22. The van der Waals surface area contributed by atoms with Gasteiger partial charge in [0.15, 0.2) is 0 Å². The van der Waals surface area contributed by atoms with Crippen molar-refractivity contribution < 1.29 is 0 Å². The lowest BCUT2D eigenvalue weighted by atomic mass is 9.98. The summed E-state index contributed by atoms with van der Waals surface area (Å²) in [6, 6.07) is 4.60. The summed E-state index contributed by atoms with van der Waals surface area (Å²) in [4.78, 5) is 2.71. The second kappa shape index (κ2) is 5.42. The molecule has 2 saturated carbocycles. The van der Waals surface area contributed by atoms with Gasteiger partial charge in [-0.1, -0.05) is 12.8 Å². The van der Waals surface area contributed by atoms with E-state index in [1.165, 1.54) is 51.5 Å². The Bertz CT molecular complexity index is 357. The van der Waals surface area contributed by atoms with E-state index >= 15 is 0 Å². The van der Waals surface area contributed by atoms with Gasteiger partial charge in [-0.2, -0.15) is 5.26 Å². The average Bonchev–Trinajstić information content (AvgIpc) is 3.16. The van der Waals surface area contributed by atoms with Crippen LogP contribution in [0.5, 0.6) is 0 Å². The summed E-state index contributed by atoms with van der Waals surface area (Å²) in [6.07, 6.45) is 11.3. The maximum absolute atomic E-state index is 9.60. The Morgan fingerprint density at radius 2 is 2.00 bits per heavy atom. The first-order valence-electron chi connectivity index (χ1n) is 8.17. The summed E-state index contributed by atoms with van der Waals surface area (Å²) in [5, 5.41) is 13.2. The van der Waals surface area contributed by atoms with Crippen molar-refractivity contribution in [1.29, 1.82) is 5.26 Å². The minimum atomic E-state index is -0.210. The molecule has 3 nitrogen and oxygen atoms in total. The van der Waals surface area contributed by atoms with Crippen LogP contribution in [0.15, 0.2) is 0 Å². The van der Waals surface area contributed by atoms with Crippen molar-refractivity contribution in [3.8, 4) is 6.07 Å². The van der Waals surface area contributed by atoms with Crippen molar-refractivity contribution in [1.82, 2.24) is 10.2 Å². The summed E-state index contributed by atoms with van der Waals surface area (Å²) in [5.41, 5.74) is -0.210. The van der Waals surface area contributed by atoms with Crippen molar-refractivity contribution in [2.24, 2.45) is 0 Å². The van der Waals surface area contributed by atoms with Crippen molar-refractivity contribution in [2.75, 3.05) is 6.54 Å². The lowest BCUT2D eigenvalue weighted by molar-refractivity contribution is 0.144. The van der Waals surface area contributed by atoms with Gasteiger partial charge in [0.25, 0.3) is 0 Å². The molecule has 1 heterocycles. The maximum atomic E-state index is 9.60. The largest absolute Gasteiger partial charge is 0.298 e. The van der Waals surface area contributed by atoms with Gasteiger partial charge in [-0.25, -0.2) is 0 Å². The highest BCUT2D eigenvalue weighted by Gasteiger charge is 2.45. The second-order valence-electron chi connectivity index (χ2n) is 6.95. The molecule has 3 heteroatoms. The molecule has 2 aliphatic carbocycles. The van der Waals surface area contributed by atoms with E-state index in [-0.39, 0.29) is 5.54 Å². The highest BCUT2D eigenvalue weighted by atomic mass is 15.2. The number of nitrogens with zero attached hydrogens (tertiary/aromatic N) is 2. The Hall–Kier alpha value is -0.590. The van der Waals surface area contributed by atoms with Crippen LogP contribution in [0.2, 0.25) is 0 Å². The predicted octanol–water partition coefficient (Wildman–Crippen LogP) is 2.82. The number of hydrogen-bond acceptors (Lipinski definition) is 3.